The zero-order valence-corrected chi connectivity index (χ0v) is 17.8. The number of carbonyl (C=O) groups is 2. The lowest BCUT2D eigenvalue weighted by atomic mass is 10.1. The number of nitrogens with one attached hydrogen (secondary N) is 2. The monoisotopic (exact) mass is 439 g/mol. The molecule has 0 spiro atoms. The third-order valence-electron chi connectivity index (χ3n) is 5.89. The standard InChI is InChI=1S/C23H25N3O4S/c1-2-21(27)25-23-19-14-26(15-20(19)23)31(29,30)18-10-6-9-17(13-18)24-22(28)12-11-16-7-4-3-5-8-16/h2-10,13,19-20,23H,1,11-12,14-15H2,(H,24,28)(H,25,27). The van der Waals surface area contributed by atoms with Crippen molar-refractivity contribution < 1.29 is 18.0 Å². The summed E-state index contributed by atoms with van der Waals surface area (Å²) in [6.45, 7) is 4.19. The van der Waals surface area contributed by atoms with Crippen molar-refractivity contribution in [2.24, 2.45) is 11.8 Å². The zero-order chi connectivity index (χ0) is 22.0. The predicted molar refractivity (Wildman–Crippen MR) is 118 cm³/mol. The Morgan fingerprint density at radius 3 is 2.45 bits per heavy atom. The van der Waals surface area contributed by atoms with Gasteiger partial charge in [0.2, 0.25) is 21.8 Å². The third-order valence-corrected chi connectivity index (χ3v) is 7.72. The number of fused-ring (bicyclic) bond motifs is 1. The molecule has 2 N–H and O–H groups in total. The van der Waals surface area contributed by atoms with E-state index >= 15 is 0 Å². The number of hydrogen-bond donors (Lipinski definition) is 2. The molecule has 2 aromatic rings. The van der Waals surface area contributed by atoms with E-state index in [9.17, 15) is 18.0 Å². The third kappa shape index (κ3) is 4.70. The van der Waals surface area contributed by atoms with E-state index in [1.807, 2.05) is 30.3 Å². The van der Waals surface area contributed by atoms with Crippen molar-refractivity contribution in [2.45, 2.75) is 23.8 Å². The van der Waals surface area contributed by atoms with Gasteiger partial charge in [-0.05, 0) is 48.1 Å². The number of carbonyl (C=O) groups excluding carboxylic acids is 2. The maximum atomic E-state index is 13.0. The molecule has 1 heterocycles. The first-order valence-corrected chi connectivity index (χ1v) is 11.7. The smallest absolute Gasteiger partial charge is 0.243 e. The minimum atomic E-state index is -3.66. The van der Waals surface area contributed by atoms with Crippen molar-refractivity contribution in [2.75, 3.05) is 18.4 Å². The van der Waals surface area contributed by atoms with Gasteiger partial charge in [-0.1, -0.05) is 43.0 Å². The molecule has 2 unspecified atom stereocenters. The Morgan fingerprint density at radius 2 is 1.77 bits per heavy atom. The SMILES string of the molecule is C=CC(=O)NC1C2CN(S(=O)(=O)c3cccc(NC(=O)CCc4ccccc4)c3)CC21. The molecule has 7 nitrogen and oxygen atoms in total. The molecule has 0 aromatic heterocycles. The first-order valence-electron chi connectivity index (χ1n) is 10.3. The topological polar surface area (TPSA) is 95.6 Å². The summed E-state index contributed by atoms with van der Waals surface area (Å²) in [5.41, 5.74) is 1.53. The Bertz CT molecular complexity index is 1090. The lowest BCUT2D eigenvalue weighted by Crippen LogP contribution is -2.37. The number of sulfonamides is 1. The average molecular weight is 440 g/mol. The van der Waals surface area contributed by atoms with E-state index < -0.39 is 10.0 Å². The fraction of sp³-hybridized carbons (Fsp3) is 0.304. The summed E-state index contributed by atoms with van der Waals surface area (Å²) in [6, 6.07) is 16.1. The number of anilines is 1. The maximum absolute atomic E-state index is 13.0. The molecule has 2 atom stereocenters. The van der Waals surface area contributed by atoms with Gasteiger partial charge in [-0.3, -0.25) is 9.59 Å². The molecule has 0 bridgehead atoms. The van der Waals surface area contributed by atoms with Crippen LogP contribution in [0.1, 0.15) is 12.0 Å². The first-order chi connectivity index (χ1) is 14.9. The number of piperidine rings is 1. The lowest BCUT2D eigenvalue weighted by molar-refractivity contribution is -0.117. The Morgan fingerprint density at radius 1 is 1.06 bits per heavy atom. The Hall–Kier alpha value is -2.97. The summed E-state index contributed by atoms with van der Waals surface area (Å²) < 4.78 is 27.5. The molecule has 2 fully saturated rings. The molecule has 162 valence electrons. The van der Waals surface area contributed by atoms with Crippen molar-refractivity contribution >= 4 is 27.5 Å². The number of benzene rings is 2. The van der Waals surface area contributed by atoms with E-state index in [2.05, 4.69) is 17.2 Å². The predicted octanol–water partition coefficient (Wildman–Crippen LogP) is 2.18. The van der Waals surface area contributed by atoms with Crippen LogP contribution < -0.4 is 10.6 Å². The molecule has 1 aliphatic carbocycles. The average Bonchev–Trinajstić information content (AvgIpc) is 3.19. The summed E-state index contributed by atoms with van der Waals surface area (Å²) in [5.74, 6) is -0.120. The van der Waals surface area contributed by atoms with Crippen LogP contribution in [0.2, 0.25) is 0 Å². The van der Waals surface area contributed by atoms with Crippen LogP contribution >= 0.6 is 0 Å². The first kappa shape index (κ1) is 21.3. The molecule has 8 heteroatoms. The van der Waals surface area contributed by atoms with Gasteiger partial charge < -0.3 is 10.6 Å². The van der Waals surface area contributed by atoms with Gasteiger partial charge in [0.05, 0.1) is 4.90 Å². The van der Waals surface area contributed by atoms with Gasteiger partial charge in [0.15, 0.2) is 0 Å². The van der Waals surface area contributed by atoms with Gasteiger partial charge in [-0.25, -0.2) is 8.42 Å². The highest BCUT2D eigenvalue weighted by Crippen LogP contribution is 2.47. The molecule has 2 aromatic carbocycles. The van der Waals surface area contributed by atoms with Crippen LogP contribution in [0.4, 0.5) is 5.69 Å². The minimum Gasteiger partial charge on any atom is -0.349 e. The number of amides is 2. The van der Waals surface area contributed by atoms with Crippen molar-refractivity contribution in [3.63, 3.8) is 0 Å². The number of hydrogen-bond acceptors (Lipinski definition) is 4. The molecule has 4 rings (SSSR count). The molecule has 0 radical (unpaired) electrons. The fourth-order valence-electron chi connectivity index (χ4n) is 4.13. The highest BCUT2D eigenvalue weighted by atomic mass is 32.2. The summed E-state index contributed by atoms with van der Waals surface area (Å²) in [7, 11) is -3.66. The van der Waals surface area contributed by atoms with Crippen LogP contribution in [-0.2, 0) is 26.0 Å². The highest BCUT2D eigenvalue weighted by Gasteiger charge is 2.58. The van der Waals surface area contributed by atoms with E-state index in [-0.39, 0.29) is 34.6 Å². The fourth-order valence-corrected chi connectivity index (χ4v) is 5.69. The van der Waals surface area contributed by atoms with Crippen LogP contribution in [0.5, 0.6) is 0 Å². The van der Waals surface area contributed by atoms with Crippen LogP contribution in [0.25, 0.3) is 0 Å². The van der Waals surface area contributed by atoms with Crippen LogP contribution in [0.3, 0.4) is 0 Å². The van der Waals surface area contributed by atoms with Gasteiger partial charge in [0.25, 0.3) is 0 Å². The van der Waals surface area contributed by atoms with Crippen LogP contribution in [0, 0.1) is 11.8 Å². The van der Waals surface area contributed by atoms with E-state index in [0.29, 0.717) is 31.6 Å². The lowest BCUT2D eigenvalue weighted by Gasteiger charge is -2.20. The summed E-state index contributed by atoms with van der Waals surface area (Å²) >= 11 is 0. The van der Waals surface area contributed by atoms with E-state index in [4.69, 9.17) is 0 Å². The molecule has 1 saturated carbocycles. The molecule has 1 saturated heterocycles. The van der Waals surface area contributed by atoms with Gasteiger partial charge in [-0.15, -0.1) is 0 Å². The Labute approximate surface area is 182 Å². The summed E-state index contributed by atoms with van der Waals surface area (Å²) in [5, 5.41) is 5.63. The van der Waals surface area contributed by atoms with Crippen molar-refractivity contribution in [3.05, 3.63) is 72.8 Å². The van der Waals surface area contributed by atoms with Crippen LogP contribution in [-0.4, -0.2) is 43.7 Å². The summed E-state index contributed by atoms with van der Waals surface area (Å²) in [6.07, 6.45) is 2.15. The van der Waals surface area contributed by atoms with E-state index in [1.165, 1.54) is 22.5 Å². The number of aryl methyl sites for hydroxylation is 1. The second kappa shape index (κ2) is 8.64. The van der Waals surface area contributed by atoms with E-state index in [1.54, 1.807) is 12.1 Å². The van der Waals surface area contributed by atoms with Crippen LogP contribution in [0.15, 0.2) is 72.1 Å². The number of rotatable bonds is 8. The Balaban J connectivity index is 1.35. The maximum Gasteiger partial charge on any atom is 0.243 e. The van der Waals surface area contributed by atoms with Gasteiger partial charge in [0, 0.05) is 31.2 Å². The number of nitrogens with zero attached hydrogens (tertiary/aromatic N) is 1. The van der Waals surface area contributed by atoms with Gasteiger partial charge >= 0.3 is 0 Å². The second-order valence-electron chi connectivity index (χ2n) is 7.95. The molecular weight excluding hydrogens is 414 g/mol. The molecule has 31 heavy (non-hydrogen) atoms. The van der Waals surface area contributed by atoms with Crippen molar-refractivity contribution in [1.82, 2.24) is 9.62 Å². The van der Waals surface area contributed by atoms with Gasteiger partial charge in [0.1, 0.15) is 0 Å². The normalized spacial score (nSPS) is 22.4. The minimum absolute atomic E-state index is 0.0205. The summed E-state index contributed by atoms with van der Waals surface area (Å²) in [4.78, 5) is 23.9. The quantitative estimate of drug-likeness (QED) is 0.617. The van der Waals surface area contributed by atoms with Gasteiger partial charge in [-0.2, -0.15) is 4.31 Å². The van der Waals surface area contributed by atoms with Crippen molar-refractivity contribution in [3.8, 4) is 0 Å². The molecule has 2 aliphatic rings. The zero-order valence-electron chi connectivity index (χ0n) is 17.0. The molecular formula is C23H25N3O4S. The van der Waals surface area contributed by atoms with Crippen molar-refractivity contribution in [1.29, 1.82) is 0 Å². The second-order valence-corrected chi connectivity index (χ2v) is 9.89. The Kier molecular flexibility index (Phi) is 5.93. The molecule has 2 amide bonds. The van der Waals surface area contributed by atoms with E-state index in [0.717, 1.165) is 5.56 Å². The largest absolute Gasteiger partial charge is 0.349 e. The highest BCUT2D eigenvalue weighted by molar-refractivity contribution is 7.89. The molecule has 1 aliphatic heterocycles.